The molecule has 0 bridgehead atoms. The Kier molecular flexibility index (Phi) is 6.28. The largest absolute Gasteiger partial charge is 0.394 e. The molecule has 0 radical (unpaired) electrons. The number of carbonyl (C=O) groups is 3. The second-order valence-corrected chi connectivity index (χ2v) is 6.91. The van der Waals surface area contributed by atoms with Gasteiger partial charge >= 0.3 is 6.03 Å². The Balaban J connectivity index is 1.60. The van der Waals surface area contributed by atoms with Gasteiger partial charge in [0.05, 0.1) is 25.6 Å². The van der Waals surface area contributed by atoms with Crippen molar-refractivity contribution < 1.29 is 19.5 Å². The van der Waals surface area contributed by atoms with E-state index in [0.717, 1.165) is 10.5 Å². The van der Waals surface area contributed by atoms with E-state index < -0.39 is 29.9 Å². The van der Waals surface area contributed by atoms with Crippen molar-refractivity contribution in [1.82, 2.24) is 15.5 Å². The van der Waals surface area contributed by atoms with Gasteiger partial charge in [-0.3, -0.25) is 14.5 Å². The first-order valence-corrected chi connectivity index (χ1v) is 9.17. The van der Waals surface area contributed by atoms with Crippen molar-refractivity contribution in [1.29, 1.82) is 0 Å². The van der Waals surface area contributed by atoms with Crippen LogP contribution in [0.4, 0.5) is 4.79 Å². The summed E-state index contributed by atoms with van der Waals surface area (Å²) >= 11 is 5.94. The molecule has 28 heavy (non-hydrogen) atoms. The molecule has 1 heterocycles. The van der Waals surface area contributed by atoms with E-state index in [1.165, 1.54) is 0 Å². The van der Waals surface area contributed by atoms with E-state index in [9.17, 15) is 19.5 Å². The molecule has 1 aliphatic heterocycles. The number of amides is 4. The highest BCUT2D eigenvalue weighted by Gasteiger charge is 2.39. The fourth-order valence-corrected chi connectivity index (χ4v) is 3.25. The first-order valence-electron chi connectivity index (χ1n) is 8.79. The van der Waals surface area contributed by atoms with Gasteiger partial charge in [0.1, 0.15) is 6.04 Å². The first kappa shape index (κ1) is 19.9. The van der Waals surface area contributed by atoms with E-state index in [2.05, 4.69) is 10.6 Å². The summed E-state index contributed by atoms with van der Waals surface area (Å²) in [4.78, 5) is 38.1. The molecule has 0 aliphatic carbocycles. The van der Waals surface area contributed by atoms with Crippen LogP contribution in [0.5, 0.6) is 0 Å². The number of hydrogen-bond acceptors (Lipinski definition) is 4. The molecular weight excluding hydrogens is 382 g/mol. The molecule has 4 amide bonds. The van der Waals surface area contributed by atoms with E-state index in [0.29, 0.717) is 10.6 Å². The van der Waals surface area contributed by atoms with Gasteiger partial charge < -0.3 is 15.7 Å². The maximum absolute atomic E-state index is 12.5. The normalized spacial score (nSPS) is 17.4. The fourth-order valence-electron chi connectivity index (χ4n) is 3.04. The number of imide groups is 1. The van der Waals surface area contributed by atoms with Crippen LogP contribution in [-0.2, 0) is 16.1 Å². The van der Waals surface area contributed by atoms with E-state index in [4.69, 9.17) is 11.6 Å². The zero-order chi connectivity index (χ0) is 20.1. The van der Waals surface area contributed by atoms with Crippen molar-refractivity contribution in [2.24, 2.45) is 0 Å². The van der Waals surface area contributed by atoms with Crippen LogP contribution in [0.2, 0.25) is 5.02 Å². The first-order chi connectivity index (χ1) is 13.5. The molecule has 146 valence electrons. The minimum absolute atomic E-state index is 0.0760. The Hall–Kier alpha value is -2.90. The second-order valence-electron chi connectivity index (χ2n) is 6.47. The Bertz CT molecular complexity index is 875. The quantitative estimate of drug-likeness (QED) is 0.618. The van der Waals surface area contributed by atoms with Crippen LogP contribution in [0.1, 0.15) is 23.6 Å². The maximum Gasteiger partial charge on any atom is 0.325 e. The van der Waals surface area contributed by atoms with Crippen molar-refractivity contribution in [2.45, 2.75) is 25.0 Å². The van der Waals surface area contributed by atoms with Crippen molar-refractivity contribution in [2.75, 3.05) is 6.61 Å². The van der Waals surface area contributed by atoms with E-state index in [1.807, 2.05) is 6.07 Å². The third-order valence-corrected chi connectivity index (χ3v) is 4.68. The molecule has 2 atom stereocenters. The van der Waals surface area contributed by atoms with Gasteiger partial charge in [0.15, 0.2) is 0 Å². The minimum Gasteiger partial charge on any atom is -0.394 e. The average molecular weight is 402 g/mol. The Labute approximate surface area is 167 Å². The number of aliphatic hydroxyl groups excluding tert-OH is 1. The van der Waals surface area contributed by atoms with Crippen molar-refractivity contribution in [3.05, 3.63) is 70.7 Å². The molecule has 7 nitrogen and oxygen atoms in total. The Morgan fingerprint density at radius 3 is 2.61 bits per heavy atom. The van der Waals surface area contributed by atoms with Gasteiger partial charge in [0.25, 0.3) is 5.91 Å². The van der Waals surface area contributed by atoms with Crippen LogP contribution in [0, 0.1) is 0 Å². The molecular formula is C20H20ClN3O4. The van der Waals surface area contributed by atoms with E-state index in [1.54, 1.807) is 48.5 Å². The lowest BCUT2D eigenvalue weighted by Crippen LogP contribution is -2.38. The van der Waals surface area contributed by atoms with E-state index >= 15 is 0 Å². The van der Waals surface area contributed by atoms with Gasteiger partial charge in [-0.25, -0.2) is 4.79 Å². The molecule has 3 rings (SSSR count). The molecule has 0 saturated carbocycles. The van der Waals surface area contributed by atoms with Gasteiger partial charge in [0, 0.05) is 5.02 Å². The Morgan fingerprint density at radius 2 is 1.93 bits per heavy atom. The number of urea groups is 1. The topological polar surface area (TPSA) is 98.7 Å². The molecule has 2 aromatic carbocycles. The standard InChI is InChI=1S/C20H20ClN3O4/c21-15-8-4-5-13(9-15)11-24-19(27)16(23-20(24)28)10-18(26)22-17(12-25)14-6-2-1-3-7-14/h1-9,16-17,25H,10-12H2,(H,22,26)(H,23,28)/t16-,17-/m0/s1. The lowest BCUT2D eigenvalue weighted by atomic mass is 10.1. The summed E-state index contributed by atoms with van der Waals surface area (Å²) in [5.41, 5.74) is 1.47. The third-order valence-electron chi connectivity index (χ3n) is 4.45. The van der Waals surface area contributed by atoms with Gasteiger partial charge in [0.2, 0.25) is 5.91 Å². The highest BCUT2D eigenvalue weighted by molar-refractivity contribution is 6.30. The predicted octanol–water partition coefficient (Wildman–Crippen LogP) is 2.00. The monoisotopic (exact) mass is 401 g/mol. The van der Waals surface area contributed by atoms with Crippen LogP contribution in [0.15, 0.2) is 54.6 Å². The lowest BCUT2D eigenvalue weighted by molar-refractivity contribution is -0.131. The number of nitrogens with zero attached hydrogens (tertiary/aromatic N) is 1. The molecule has 8 heteroatoms. The summed E-state index contributed by atoms with van der Waals surface area (Å²) in [5.74, 6) is -0.911. The summed E-state index contributed by atoms with van der Waals surface area (Å²) in [6, 6.07) is 13.8. The molecule has 0 unspecified atom stereocenters. The summed E-state index contributed by atoms with van der Waals surface area (Å²) in [7, 11) is 0. The number of aliphatic hydroxyl groups is 1. The van der Waals surface area contributed by atoms with Crippen LogP contribution in [0.3, 0.4) is 0 Å². The summed E-state index contributed by atoms with van der Waals surface area (Å²) in [6.45, 7) is -0.200. The van der Waals surface area contributed by atoms with Crippen molar-refractivity contribution >= 4 is 29.4 Å². The van der Waals surface area contributed by atoms with Crippen molar-refractivity contribution in [3.8, 4) is 0 Å². The van der Waals surface area contributed by atoms with Crippen LogP contribution < -0.4 is 10.6 Å². The molecule has 1 aliphatic rings. The number of nitrogens with one attached hydrogen (secondary N) is 2. The van der Waals surface area contributed by atoms with Gasteiger partial charge in [-0.15, -0.1) is 0 Å². The predicted molar refractivity (Wildman–Crippen MR) is 103 cm³/mol. The summed E-state index contributed by atoms with van der Waals surface area (Å²) in [6.07, 6.45) is -0.208. The second kappa shape index (κ2) is 8.86. The maximum atomic E-state index is 12.5. The zero-order valence-corrected chi connectivity index (χ0v) is 15.7. The molecule has 2 aromatic rings. The number of benzene rings is 2. The highest BCUT2D eigenvalue weighted by Crippen LogP contribution is 2.18. The van der Waals surface area contributed by atoms with Crippen LogP contribution in [-0.4, -0.2) is 40.5 Å². The van der Waals surface area contributed by atoms with Crippen molar-refractivity contribution in [3.63, 3.8) is 0 Å². The number of halogens is 1. The molecule has 0 aromatic heterocycles. The van der Waals surface area contributed by atoms with E-state index in [-0.39, 0.29) is 19.6 Å². The SMILES string of the molecule is O=C(C[C@@H]1NC(=O)N(Cc2cccc(Cl)c2)C1=O)N[C@@H](CO)c1ccccc1. The van der Waals surface area contributed by atoms with Crippen LogP contribution in [0.25, 0.3) is 0 Å². The number of rotatable bonds is 7. The molecule has 1 fully saturated rings. The lowest BCUT2D eigenvalue weighted by Gasteiger charge is -2.18. The number of hydrogen-bond donors (Lipinski definition) is 3. The molecule has 0 spiro atoms. The molecule has 1 saturated heterocycles. The van der Waals surface area contributed by atoms with Gasteiger partial charge in [-0.1, -0.05) is 54.1 Å². The fraction of sp³-hybridized carbons (Fsp3) is 0.250. The average Bonchev–Trinajstić information content (AvgIpc) is 2.94. The summed E-state index contributed by atoms with van der Waals surface area (Å²) in [5, 5.41) is 15.3. The van der Waals surface area contributed by atoms with Gasteiger partial charge in [-0.2, -0.15) is 0 Å². The Morgan fingerprint density at radius 1 is 1.18 bits per heavy atom. The zero-order valence-electron chi connectivity index (χ0n) is 15.0. The number of carbonyl (C=O) groups excluding carboxylic acids is 3. The van der Waals surface area contributed by atoms with Crippen LogP contribution >= 0.6 is 11.6 Å². The summed E-state index contributed by atoms with van der Waals surface area (Å²) < 4.78 is 0. The molecule has 3 N–H and O–H groups in total. The highest BCUT2D eigenvalue weighted by atomic mass is 35.5. The third kappa shape index (κ3) is 4.68. The smallest absolute Gasteiger partial charge is 0.325 e. The van der Waals surface area contributed by atoms with Gasteiger partial charge in [-0.05, 0) is 23.3 Å². The minimum atomic E-state index is -0.943.